The van der Waals surface area contributed by atoms with E-state index in [1.165, 1.54) is 12.2 Å². The molecule has 0 aromatic heterocycles. The Balaban J connectivity index is 1.65. The topological polar surface area (TPSA) is 61.8 Å². The van der Waals surface area contributed by atoms with Crippen molar-refractivity contribution in [3.05, 3.63) is 77.9 Å². The van der Waals surface area contributed by atoms with Gasteiger partial charge in [0.2, 0.25) is 0 Å². The molecule has 0 aliphatic carbocycles. The summed E-state index contributed by atoms with van der Waals surface area (Å²) < 4.78 is 53.4. The fourth-order valence-electron chi connectivity index (χ4n) is 2.74. The summed E-state index contributed by atoms with van der Waals surface area (Å²) in [5.74, 6) is -0.341. The third-order valence-corrected chi connectivity index (χ3v) is 4.58. The zero-order valence-corrected chi connectivity index (χ0v) is 18.9. The molecule has 0 fully saturated rings. The van der Waals surface area contributed by atoms with Gasteiger partial charge in [0.15, 0.2) is 0 Å². The van der Waals surface area contributed by atoms with Crippen molar-refractivity contribution in [2.75, 3.05) is 13.2 Å². The summed E-state index contributed by atoms with van der Waals surface area (Å²) in [6, 6.07) is 11.0. The molecule has 0 amide bonds. The fraction of sp³-hybridized carbons (Fsp3) is 0.308. The van der Waals surface area contributed by atoms with E-state index >= 15 is 0 Å². The van der Waals surface area contributed by atoms with Crippen molar-refractivity contribution in [1.82, 2.24) is 0 Å². The molecule has 0 radical (unpaired) electrons. The van der Waals surface area contributed by atoms with Crippen LogP contribution in [0.1, 0.15) is 43.7 Å². The highest BCUT2D eigenvalue weighted by Crippen LogP contribution is 2.30. The minimum absolute atomic E-state index is 0.0271. The van der Waals surface area contributed by atoms with Crippen LogP contribution >= 0.6 is 0 Å². The molecule has 5 nitrogen and oxygen atoms in total. The number of hydrogen-bond donors (Lipinski definition) is 0. The molecule has 2 aromatic carbocycles. The predicted molar refractivity (Wildman–Crippen MR) is 122 cm³/mol. The van der Waals surface area contributed by atoms with Crippen LogP contribution in [0.15, 0.2) is 66.8 Å². The SMILES string of the molecule is C=C(C)C(=O)OCCCCCCOc1ccc(/C=C/C(=O)Oc2ccc(C(F)(F)F)cc2)cc1. The number of rotatable bonds is 12. The number of benzene rings is 2. The van der Waals surface area contributed by atoms with Crippen molar-refractivity contribution in [1.29, 1.82) is 0 Å². The lowest BCUT2D eigenvalue weighted by Crippen LogP contribution is -2.06. The molecule has 0 aliphatic rings. The van der Waals surface area contributed by atoms with Crippen LogP contribution in [0.4, 0.5) is 13.2 Å². The van der Waals surface area contributed by atoms with Gasteiger partial charge in [-0.15, -0.1) is 0 Å². The van der Waals surface area contributed by atoms with E-state index in [0.717, 1.165) is 55.5 Å². The number of carbonyl (C=O) groups is 2. The van der Waals surface area contributed by atoms with Crippen molar-refractivity contribution in [3.63, 3.8) is 0 Å². The Morgan fingerprint density at radius 3 is 2.06 bits per heavy atom. The van der Waals surface area contributed by atoms with E-state index in [-0.39, 0.29) is 11.7 Å². The van der Waals surface area contributed by atoms with Gasteiger partial charge in [0, 0.05) is 11.6 Å². The molecule has 2 aromatic rings. The third kappa shape index (κ3) is 9.94. The average molecular weight is 476 g/mol. The lowest BCUT2D eigenvalue weighted by Gasteiger charge is -2.07. The molecule has 0 spiro atoms. The first-order chi connectivity index (χ1) is 16.1. The molecule has 0 aliphatic heterocycles. The minimum atomic E-state index is -4.44. The van der Waals surface area contributed by atoms with Gasteiger partial charge in [-0.3, -0.25) is 0 Å². The summed E-state index contributed by atoms with van der Waals surface area (Å²) in [5.41, 5.74) is 0.320. The first-order valence-electron chi connectivity index (χ1n) is 10.8. The standard InChI is InChI=1S/C26H27F3O5/c1-19(2)25(31)33-18-6-4-3-5-17-32-22-12-7-20(8-13-22)9-16-24(30)34-23-14-10-21(11-15-23)26(27,28)29/h7-16H,1,3-6,17-18H2,2H3/b16-9+. The van der Waals surface area contributed by atoms with Crippen LogP contribution in [0.25, 0.3) is 6.08 Å². The summed E-state index contributed by atoms with van der Waals surface area (Å²) in [6.07, 6.45) is 1.83. The molecule has 0 saturated carbocycles. The van der Waals surface area contributed by atoms with E-state index in [4.69, 9.17) is 14.2 Å². The smallest absolute Gasteiger partial charge is 0.416 e. The number of alkyl halides is 3. The van der Waals surface area contributed by atoms with Gasteiger partial charge in [-0.1, -0.05) is 18.7 Å². The third-order valence-electron chi connectivity index (χ3n) is 4.58. The van der Waals surface area contributed by atoms with Gasteiger partial charge in [-0.25, -0.2) is 9.59 Å². The zero-order chi connectivity index (χ0) is 25.0. The number of unbranched alkanes of at least 4 members (excludes halogenated alkanes) is 3. The monoisotopic (exact) mass is 476 g/mol. The van der Waals surface area contributed by atoms with Crippen molar-refractivity contribution in [2.45, 2.75) is 38.8 Å². The molecule has 0 atom stereocenters. The van der Waals surface area contributed by atoms with Gasteiger partial charge in [0.1, 0.15) is 11.5 Å². The summed E-state index contributed by atoms with van der Waals surface area (Å²) >= 11 is 0. The maximum Gasteiger partial charge on any atom is 0.416 e. The number of carbonyl (C=O) groups excluding carboxylic acids is 2. The van der Waals surface area contributed by atoms with Crippen molar-refractivity contribution < 1.29 is 37.0 Å². The molecular weight excluding hydrogens is 449 g/mol. The highest BCUT2D eigenvalue weighted by molar-refractivity contribution is 5.88. The van der Waals surface area contributed by atoms with Crippen LogP contribution in [0, 0.1) is 0 Å². The van der Waals surface area contributed by atoms with Crippen molar-refractivity contribution in [2.24, 2.45) is 0 Å². The van der Waals surface area contributed by atoms with E-state index in [1.54, 1.807) is 31.2 Å². The van der Waals surface area contributed by atoms with Crippen molar-refractivity contribution in [3.8, 4) is 11.5 Å². The van der Waals surface area contributed by atoms with Crippen LogP contribution in [0.3, 0.4) is 0 Å². The number of esters is 2. The van der Waals surface area contributed by atoms with Gasteiger partial charge < -0.3 is 14.2 Å². The van der Waals surface area contributed by atoms with Crippen LogP contribution in [0.2, 0.25) is 0 Å². The Morgan fingerprint density at radius 1 is 0.882 bits per heavy atom. The van der Waals surface area contributed by atoms with Crippen molar-refractivity contribution >= 4 is 18.0 Å². The highest BCUT2D eigenvalue weighted by Gasteiger charge is 2.30. The Morgan fingerprint density at radius 2 is 1.47 bits per heavy atom. The Bertz CT molecular complexity index is 977. The fourth-order valence-corrected chi connectivity index (χ4v) is 2.74. The molecule has 34 heavy (non-hydrogen) atoms. The zero-order valence-electron chi connectivity index (χ0n) is 18.9. The van der Waals surface area contributed by atoms with E-state index in [0.29, 0.717) is 24.5 Å². The Kier molecular flexibility index (Phi) is 10.4. The first kappa shape index (κ1) is 26.7. The summed E-state index contributed by atoms with van der Waals surface area (Å²) in [5, 5.41) is 0. The summed E-state index contributed by atoms with van der Waals surface area (Å²) in [7, 11) is 0. The molecule has 8 heteroatoms. The Labute approximate surface area is 196 Å². The largest absolute Gasteiger partial charge is 0.494 e. The van der Waals surface area contributed by atoms with E-state index < -0.39 is 17.7 Å². The van der Waals surface area contributed by atoms with E-state index in [1.807, 2.05) is 0 Å². The molecular formula is C26H27F3O5. The van der Waals surface area contributed by atoms with Crippen LogP contribution in [-0.4, -0.2) is 25.2 Å². The summed E-state index contributed by atoms with van der Waals surface area (Å²) in [4.78, 5) is 23.1. The van der Waals surface area contributed by atoms with E-state index in [2.05, 4.69) is 6.58 Å². The second-order valence-corrected chi connectivity index (χ2v) is 7.52. The lowest BCUT2D eigenvalue weighted by atomic mass is 10.2. The number of halogens is 3. The normalized spacial score (nSPS) is 11.3. The van der Waals surface area contributed by atoms with Gasteiger partial charge in [-0.2, -0.15) is 13.2 Å². The second kappa shape index (κ2) is 13.2. The highest BCUT2D eigenvalue weighted by atomic mass is 19.4. The maximum atomic E-state index is 12.6. The number of ether oxygens (including phenoxy) is 3. The minimum Gasteiger partial charge on any atom is -0.494 e. The average Bonchev–Trinajstić information content (AvgIpc) is 2.79. The molecule has 182 valence electrons. The molecule has 0 unspecified atom stereocenters. The maximum absolute atomic E-state index is 12.6. The van der Waals surface area contributed by atoms with Gasteiger partial charge in [0.25, 0.3) is 0 Å². The van der Waals surface area contributed by atoms with E-state index in [9.17, 15) is 22.8 Å². The van der Waals surface area contributed by atoms with Gasteiger partial charge in [-0.05, 0) is 80.6 Å². The first-order valence-corrected chi connectivity index (χ1v) is 10.8. The molecule has 2 rings (SSSR count). The molecule has 0 N–H and O–H groups in total. The predicted octanol–water partition coefficient (Wildman–Crippen LogP) is 6.38. The Hall–Kier alpha value is -3.55. The lowest BCUT2D eigenvalue weighted by molar-refractivity contribution is -0.139. The van der Waals surface area contributed by atoms with Gasteiger partial charge >= 0.3 is 18.1 Å². The molecule has 0 heterocycles. The number of hydrogen-bond acceptors (Lipinski definition) is 5. The molecule has 0 bridgehead atoms. The van der Waals surface area contributed by atoms with Crippen LogP contribution in [-0.2, 0) is 20.5 Å². The van der Waals surface area contributed by atoms with Gasteiger partial charge in [0.05, 0.1) is 18.8 Å². The van der Waals surface area contributed by atoms with Crippen LogP contribution < -0.4 is 9.47 Å². The quantitative estimate of drug-likeness (QED) is 0.154. The van der Waals surface area contributed by atoms with Crippen LogP contribution in [0.5, 0.6) is 11.5 Å². The molecule has 0 saturated heterocycles. The summed E-state index contributed by atoms with van der Waals surface area (Å²) in [6.45, 7) is 6.08. The second-order valence-electron chi connectivity index (χ2n) is 7.52.